The molecule has 0 aromatic heterocycles. The van der Waals surface area contributed by atoms with Gasteiger partial charge in [-0.3, -0.25) is 4.79 Å². The van der Waals surface area contributed by atoms with Gasteiger partial charge in [0, 0.05) is 25.8 Å². The van der Waals surface area contributed by atoms with E-state index in [2.05, 4.69) is 10.6 Å². The molecule has 1 aromatic carbocycles. The fourth-order valence-corrected chi connectivity index (χ4v) is 1.48. The van der Waals surface area contributed by atoms with Gasteiger partial charge in [0.05, 0.1) is 6.42 Å². The van der Waals surface area contributed by atoms with E-state index in [-0.39, 0.29) is 12.5 Å². The van der Waals surface area contributed by atoms with Crippen LogP contribution in [0.5, 0.6) is 0 Å². The minimum absolute atomic E-state index is 0.0176. The molecule has 104 valence electrons. The van der Waals surface area contributed by atoms with E-state index >= 15 is 0 Å². The molecule has 0 aliphatic heterocycles. The number of carboxylic acids is 1. The van der Waals surface area contributed by atoms with Crippen molar-refractivity contribution in [2.24, 2.45) is 0 Å². The summed E-state index contributed by atoms with van der Waals surface area (Å²) in [5, 5.41) is 14.4. The van der Waals surface area contributed by atoms with Crippen molar-refractivity contribution in [3.63, 3.8) is 0 Å². The monoisotopic (exact) mass is 265 g/mol. The Morgan fingerprint density at radius 1 is 1.26 bits per heavy atom. The SMILES string of the molecule is CNCCN(C)C(=O)Nc1ccc(CC(=O)O)cc1. The molecule has 0 saturated heterocycles. The zero-order valence-corrected chi connectivity index (χ0v) is 11.1. The number of aliphatic carboxylic acids is 1. The number of urea groups is 1. The molecule has 0 spiro atoms. The molecule has 6 nitrogen and oxygen atoms in total. The molecule has 0 aliphatic rings. The van der Waals surface area contributed by atoms with Gasteiger partial charge in [-0.15, -0.1) is 0 Å². The van der Waals surface area contributed by atoms with E-state index in [4.69, 9.17) is 5.11 Å². The predicted molar refractivity (Wildman–Crippen MR) is 73.4 cm³/mol. The number of likely N-dealkylation sites (N-methyl/N-ethyl adjacent to an activating group) is 2. The first-order valence-electron chi connectivity index (χ1n) is 6.00. The van der Waals surface area contributed by atoms with Gasteiger partial charge in [0.2, 0.25) is 0 Å². The van der Waals surface area contributed by atoms with Crippen LogP contribution in [0.2, 0.25) is 0 Å². The average molecular weight is 265 g/mol. The molecule has 3 N–H and O–H groups in total. The number of carboxylic acid groups (broad SMARTS) is 1. The van der Waals surface area contributed by atoms with Gasteiger partial charge in [-0.25, -0.2) is 4.79 Å². The second-order valence-corrected chi connectivity index (χ2v) is 4.22. The van der Waals surface area contributed by atoms with Gasteiger partial charge < -0.3 is 20.6 Å². The molecule has 0 aliphatic carbocycles. The molecule has 0 heterocycles. The van der Waals surface area contributed by atoms with Gasteiger partial charge in [-0.1, -0.05) is 12.1 Å². The van der Waals surface area contributed by atoms with Crippen molar-refractivity contribution in [2.45, 2.75) is 6.42 Å². The maximum atomic E-state index is 11.8. The van der Waals surface area contributed by atoms with E-state index in [9.17, 15) is 9.59 Å². The highest BCUT2D eigenvalue weighted by Crippen LogP contribution is 2.10. The summed E-state index contributed by atoms with van der Waals surface area (Å²) in [6, 6.07) is 6.58. The van der Waals surface area contributed by atoms with Crippen LogP contribution in [0, 0.1) is 0 Å². The lowest BCUT2D eigenvalue weighted by Gasteiger charge is -2.17. The van der Waals surface area contributed by atoms with Crippen LogP contribution in [0.25, 0.3) is 0 Å². The third kappa shape index (κ3) is 5.39. The van der Waals surface area contributed by atoms with Gasteiger partial charge in [0.25, 0.3) is 0 Å². The maximum absolute atomic E-state index is 11.8. The molecule has 2 amide bonds. The number of hydrogen-bond acceptors (Lipinski definition) is 3. The van der Waals surface area contributed by atoms with Crippen LogP contribution in [0.15, 0.2) is 24.3 Å². The molecule has 1 rings (SSSR count). The van der Waals surface area contributed by atoms with Crippen LogP contribution in [0.4, 0.5) is 10.5 Å². The number of anilines is 1. The lowest BCUT2D eigenvalue weighted by atomic mass is 10.1. The number of carbonyl (C=O) groups excluding carboxylic acids is 1. The Bertz CT molecular complexity index is 431. The molecular formula is C13H19N3O3. The number of hydrogen-bond donors (Lipinski definition) is 3. The summed E-state index contributed by atoms with van der Waals surface area (Å²) in [7, 11) is 3.54. The molecule has 0 fully saturated rings. The van der Waals surface area contributed by atoms with E-state index in [1.165, 1.54) is 0 Å². The standard InChI is InChI=1S/C13H19N3O3/c1-14-7-8-16(2)13(19)15-11-5-3-10(4-6-11)9-12(17)18/h3-6,14H,7-9H2,1-2H3,(H,15,19)(H,17,18). The van der Waals surface area contributed by atoms with Gasteiger partial charge >= 0.3 is 12.0 Å². The van der Waals surface area contributed by atoms with Gasteiger partial charge in [0.15, 0.2) is 0 Å². The fraction of sp³-hybridized carbons (Fsp3) is 0.385. The van der Waals surface area contributed by atoms with Crippen LogP contribution in [-0.2, 0) is 11.2 Å². The first kappa shape index (κ1) is 15.0. The Morgan fingerprint density at radius 2 is 1.89 bits per heavy atom. The average Bonchev–Trinajstić information content (AvgIpc) is 2.37. The largest absolute Gasteiger partial charge is 0.481 e. The number of nitrogens with zero attached hydrogens (tertiary/aromatic N) is 1. The molecule has 0 saturated carbocycles. The zero-order chi connectivity index (χ0) is 14.3. The topological polar surface area (TPSA) is 81.7 Å². The van der Waals surface area contributed by atoms with Crippen molar-refractivity contribution in [1.82, 2.24) is 10.2 Å². The summed E-state index contributed by atoms with van der Waals surface area (Å²) in [6.07, 6.45) is -0.0176. The summed E-state index contributed by atoms with van der Waals surface area (Å²) in [4.78, 5) is 23.9. The molecular weight excluding hydrogens is 246 g/mol. The van der Waals surface area contributed by atoms with Crippen molar-refractivity contribution in [1.29, 1.82) is 0 Å². The summed E-state index contributed by atoms with van der Waals surface area (Å²) in [5.41, 5.74) is 1.35. The van der Waals surface area contributed by atoms with Crippen molar-refractivity contribution in [3.8, 4) is 0 Å². The molecule has 0 bridgehead atoms. The normalized spacial score (nSPS) is 10.0. The summed E-state index contributed by atoms with van der Waals surface area (Å²) in [6.45, 7) is 1.33. The number of amides is 2. The molecule has 0 radical (unpaired) electrons. The number of nitrogens with one attached hydrogen (secondary N) is 2. The minimum atomic E-state index is -0.872. The molecule has 19 heavy (non-hydrogen) atoms. The highest BCUT2D eigenvalue weighted by Gasteiger charge is 2.08. The first-order chi connectivity index (χ1) is 9.02. The Kier molecular flexibility index (Phi) is 5.81. The van der Waals surface area contributed by atoms with Crippen molar-refractivity contribution in [2.75, 3.05) is 32.5 Å². The summed E-state index contributed by atoms with van der Waals surface area (Å²) < 4.78 is 0. The predicted octanol–water partition coefficient (Wildman–Crippen LogP) is 0.997. The molecule has 0 unspecified atom stereocenters. The van der Waals surface area contributed by atoms with E-state index < -0.39 is 5.97 Å². The third-order valence-corrected chi connectivity index (χ3v) is 2.60. The Hall–Kier alpha value is -2.08. The van der Waals surface area contributed by atoms with Crippen molar-refractivity contribution < 1.29 is 14.7 Å². The lowest BCUT2D eigenvalue weighted by molar-refractivity contribution is -0.136. The third-order valence-electron chi connectivity index (χ3n) is 2.60. The van der Waals surface area contributed by atoms with E-state index in [0.717, 1.165) is 6.54 Å². The summed E-state index contributed by atoms with van der Waals surface area (Å²) >= 11 is 0. The summed E-state index contributed by atoms with van der Waals surface area (Å²) in [5.74, 6) is -0.872. The Morgan fingerprint density at radius 3 is 2.42 bits per heavy atom. The van der Waals surface area contributed by atoms with Crippen molar-refractivity contribution >= 4 is 17.7 Å². The zero-order valence-electron chi connectivity index (χ0n) is 11.1. The van der Waals surface area contributed by atoms with E-state index in [0.29, 0.717) is 17.8 Å². The molecule has 1 aromatic rings. The molecule has 0 atom stereocenters. The highest BCUT2D eigenvalue weighted by molar-refractivity contribution is 5.89. The van der Waals surface area contributed by atoms with Gasteiger partial charge in [-0.2, -0.15) is 0 Å². The first-order valence-corrected chi connectivity index (χ1v) is 6.00. The highest BCUT2D eigenvalue weighted by atomic mass is 16.4. The van der Waals surface area contributed by atoms with Gasteiger partial charge in [0.1, 0.15) is 0 Å². The minimum Gasteiger partial charge on any atom is -0.481 e. The number of rotatable bonds is 6. The van der Waals surface area contributed by atoms with Crippen LogP contribution >= 0.6 is 0 Å². The van der Waals surface area contributed by atoms with Crippen LogP contribution in [0.1, 0.15) is 5.56 Å². The molecule has 6 heteroatoms. The maximum Gasteiger partial charge on any atom is 0.321 e. The quantitative estimate of drug-likeness (QED) is 0.716. The van der Waals surface area contributed by atoms with Crippen LogP contribution in [0.3, 0.4) is 0 Å². The second-order valence-electron chi connectivity index (χ2n) is 4.22. The Labute approximate surface area is 112 Å². The Balaban J connectivity index is 2.52. The number of benzene rings is 1. The fourth-order valence-electron chi connectivity index (χ4n) is 1.48. The number of carbonyl (C=O) groups is 2. The lowest BCUT2D eigenvalue weighted by Crippen LogP contribution is -2.35. The van der Waals surface area contributed by atoms with Crippen LogP contribution < -0.4 is 10.6 Å². The van der Waals surface area contributed by atoms with Crippen LogP contribution in [-0.4, -0.2) is 49.2 Å². The second kappa shape index (κ2) is 7.38. The van der Waals surface area contributed by atoms with Crippen molar-refractivity contribution in [3.05, 3.63) is 29.8 Å². The van der Waals surface area contributed by atoms with E-state index in [1.54, 1.807) is 36.2 Å². The smallest absolute Gasteiger partial charge is 0.321 e. The van der Waals surface area contributed by atoms with Gasteiger partial charge in [-0.05, 0) is 24.7 Å². The van der Waals surface area contributed by atoms with E-state index in [1.807, 2.05) is 7.05 Å².